The molecule has 1 aromatic heterocycles. The second-order valence-corrected chi connectivity index (χ2v) is 3.92. The summed E-state index contributed by atoms with van der Waals surface area (Å²) in [6.45, 7) is 0. The average molecular weight is 272 g/mol. The fraction of sp³-hybridized carbons (Fsp3) is 0.250. The molecule has 0 radical (unpaired) electrons. The minimum absolute atomic E-state index is 0.127. The lowest BCUT2D eigenvalue weighted by Crippen LogP contribution is -2.09. The van der Waals surface area contributed by atoms with Crippen LogP contribution in [0.1, 0.15) is 17.4 Å². The van der Waals surface area contributed by atoms with Crippen molar-refractivity contribution in [2.75, 3.05) is 7.11 Å². The number of halogens is 3. The number of nitrogens with zero attached hydrogens (tertiary/aromatic N) is 2. The van der Waals surface area contributed by atoms with Gasteiger partial charge in [0, 0.05) is 7.05 Å². The van der Waals surface area contributed by atoms with Gasteiger partial charge in [0.15, 0.2) is 23.2 Å². The molecule has 1 heterocycles. The number of hydrogen-bond donors (Lipinski definition) is 1. The summed E-state index contributed by atoms with van der Waals surface area (Å²) in [6, 6.07) is 1.46. The second kappa shape index (κ2) is 4.93. The third kappa shape index (κ3) is 2.28. The molecule has 0 bridgehead atoms. The molecule has 19 heavy (non-hydrogen) atoms. The Morgan fingerprint density at radius 2 is 1.84 bits per heavy atom. The highest BCUT2D eigenvalue weighted by atomic mass is 19.2. The van der Waals surface area contributed by atoms with Gasteiger partial charge in [0.1, 0.15) is 11.8 Å². The van der Waals surface area contributed by atoms with Crippen molar-refractivity contribution in [3.8, 4) is 5.75 Å². The number of benzene rings is 1. The van der Waals surface area contributed by atoms with Gasteiger partial charge in [0.25, 0.3) is 0 Å². The number of methoxy groups -OCH3 is 1. The Morgan fingerprint density at radius 1 is 1.26 bits per heavy atom. The highest BCUT2D eigenvalue weighted by molar-refractivity contribution is 5.35. The Morgan fingerprint density at radius 3 is 2.37 bits per heavy atom. The summed E-state index contributed by atoms with van der Waals surface area (Å²) < 4.78 is 45.5. The molecule has 102 valence electrons. The van der Waals surface area contributed by atoms with Crippen LogP contribution in [0.4, 0.5) is 13.2 Å². The molecule has 0 saturated heterocycles. The van der Waals surface area contributed by atoms with Crippen LogP contribution in [-0.2, 0) is 7.05 Å². The first-order valence-corrected chi connectivity index (χ1v) is 5.34. The Bertz CT molecular complexity index is 590. The van der Waals surface area contributed by atoms with Crippen LogP contribution >= 0.6 is 0 Å². The molecule has 2 rings (SSSR count). The number of aliphatic hydroxyl groups excluding tert-OH is 1. The van der Waals surface area contributed by atoms with E-state index < -0.39 is 23.6 Å². The van der Waals surface area contributed by atoms with E-state index in [2.05, 4.69) is 5.10 Å². The summed E-state index contributed by atoms with van der Waals surface area (Å²) in [4.78, 5) is 0. The van der Waals surface area contributed by atoms with Gasteiger partial charge in [0.2, 0.25) is 0 Å². The van der Waals surface area contributed by atoms with E-state index in [4.69, 9.17) is 4.74 Å². The fourth-order valence-electron chi connectivity index (χ4n) is 1.79. The van der Waals surface area contributed by atoms with Gasteiger partial charge in [-0.1, -0.05) is 0 Å². The summed E-state index contributed by atoms with van der Waals surface area (Å²) in [5, 5.41) is 14.0. The predicted molar refractivity (Wildman–Crippen MR) is 60.1 cm³/mol. The summed E-state index contributed by atoms with van der Waals surface area (Å²) in [7, 11) is 2.91. The van der Waals surface area contributed by atoms with Gasteiger partial charge in [-0.05, 0) is 17.7 Å². The maximum absolute atomic E-state index is 13.1. The van der Waals surface area contributed by atoms with Gasteiger partial charge >= 0.3 is 0 Å². The molecule has 0 fully saturated rings. The van der Waals surface area contributed by atoms with Crippen molar-refractivity contribution in [3.63, 3.8) is 0 Å². The van der Waals surface area contributed by atoms with Crippen LogP contribution in [0.3, 0.4) is 0 Å². The Kier molecular flexibility index (Phi) is 3.48. The largest absolute Gasteiger partial charge is 0.493 e. The minimum Gasteiger partial charge on any atom is -0.493 e. The Hall–Kier alpha value is -2.02. The number of rotatable bonds is 3. The van der Waals surface area contributed by atoms with Crippen molar-refractivity contribution in [2.45, 2.75) is 6.10 Å². The van der Waals surface area contributed by atoms with Crippen molar-refractivity contribution in [3.05, 3.63) is 47.0 Å². The SMILES string of the molecule is COc1cnn(C)c1C(O)c1cc(F)c(F)c(F)c1. The number of aryl methyl sites for hydroxylation is 1. The molecule has 4 nitrogen and oxygen atoms in total. The van der Waals surface area contributed by atoms with Gasteiger partial charge in [0.05, 0.1) is 13.3 Å². The lowest BCUT2D eigenvalue weighted by molar-refractivity contribution is 0.203. The second-order valence-electron chi connectivity index (χ2n) is 3.92. The van der Waals surface area contributed by atoms with Crippen molar-refractivity contribution < 1.29 is 23.0 Å². The molecular formula is C12H11F3N2O2. The summed E-state index contributed by atoms with van der Waals surface area (Å²) in [6.07, 6.45) is -0.0264. The molecule has 0 aliphatic carbocycles. The zero-order valence-corrected chi connectivity index (χ0v) is 10.2. The molecule has 0 aliphatic rings. The first-order valence-electron chi connectivity index (χ1n) is 5.34. The van der Waals surface area contributed by atoms with Crippen molar-refractivity contribution in [2.24, 2.45) is 7.05 Å². The van der Waals surface area contributed by atoms with E-state index in [1.807, 2.05) is 0 Å². The van der Waals surface area contributed by atoms with Crippen LogP contribution in [0.2, 0.25) is 0 Å². The molecule has 2 aromatic rings. The maximum atomic E-state index is 13.1. The lowest BCUT2D eigenvalue weighted by atomic mass is 10.1. The summed E-state index contributed by atoms with van der Waals surface area (Å²) >= 11 is 0. The molecule has 0 saturated carbocycles. The molecule has 1 aromatic carbocycles. The van der Waals surface area contributed by atoms with Crippen LogP contribution in [-0.4, -0.2) is 22.0 Å². The number of aromatic nitrogens is 2. The molecule has 0 spiro atoms. The topological polar surface area (TPSA) is 47.3 Å². The van der Waals surface area contributed by atoms with E-state index in [9.17, 15) is 18.3 Å². The lowest BCUT2D eigenvalue weighted by Gasteiger charge is -2.14. The zero-order valence-electron chi connectivity index (χ0n) is 10.2. The highest BCUT2D eigenvalue weighted by Gasteiger charge is 2.23. The van der Waals surface area contributed by atoms with Crippen LogP contribution < -0.4 is 4.74 Å². The Labute approximate surface area is 107 Å². The smallest absolute Gasteiger partial charge is 0.194 e. The molecule has 1 atom stereocenters. The van der Waals surface area contributed by atoms with Gasteiger partial charge in [-0.3, -0.25) is 4.68 Å². The average Bonchev–Trinajstić information content (AvgIpc) is 2.75. The van der Waals surface area contributed by atoms with E-state index in [0.717, 1.165) is 12.1 Å². The predicted octanol–water partition coefficient (Wildman–Crippen LogP) is 1.93. The quantitative estimate of drug-likeness (QED) is 0.868. The van der Waals surface area contributed by atoms with Gasteiger partial charge < -0.3 is 9.84 Å². The van der Waals surface area contributed by atoms with Gasteiger partial charge in [-0.25, -0.2) is 13.2 Å². The maximum Gasteiger partial charge on any atom is 0.194 e. The van der Waals surface area contributed by atoms with E-state index in [1.54, 1.807) is 0 Å². The van der Waals surface area contributed by atoms with Crippen LogP contribution in [0, 0.1) is 17.5 Å². The number of hydrogen-bond acceptors (Lipinski definition) is 3. The van der Waals surface area contributed by atoms with Crippen LogP contribution in [0.5, 0.6) is 5.75 Å². The van der Waals surface area contributed by atoms with Gasteiger partial charge in [-0.2, -0.15) is 5.10 Å². The van der Waals surface area contributed by atoms with Crippen molar-refractivity contribution in [1.82, 2.24) is 9.78 Å². The highest BCUT2D eigenvalue weighted by Crippen LogP contribution is 2.30. The van der Waals surface area contributed by atoms with Crippen LogP contribution in [0.15, 0.2) is 18.3 Å². The van der Waals surface area contributed by atoms with E-state index in [0.29, 0.717) is 0 Å². The van der Waals surface area contributed by atoms with E-state index in [-0.39, 0.29) is 17.0 Å². The van der Waals surface area contributed by atoms with E-state index in [1.165, 1.54) is 25.0 Å². The monoisotopic (exact) mass is 272 g/mol. The summed E-state index contributed by atoms with van der Waals surface area (Å²) in [5.74, 6) is -4.04. The van der Waals surface area contributed by atoms with E-state index >= 15 is 0 Å². The summed E-state index contributed by atoms with van der Waals surface area (Å²) in [5.41, 5.74) is 0.0891. The minimum atomic E-state index is -1.58. The molecule has 1 N–H and O–H groups in total. The molecule has 0 aliphatic heterocycles. The first-order chi connectivity index (χ1) is 8.95. The van der Waals surface area contributed by atoms with Gasteiger partial charge in [-0.15, -0.1) is 0 Å². The Balaban J connectivity index is 2.49. The van der Waals surface area contributed by atoms with Crippen molar-refractivity contribution >= 4 is 0 Å². The normalized spacial score (nSPS) is 12.5. The molecule has 7 heteroatoms. The number of ether oxygens (including phenoxy) is 1. The molecular weight excluding hydrogens is 261 g/mol. The third-order valence-corrected chi connectivity index (χ3v) is 2.75. The van der Waals surface area contributed by atoms with Crippen molar-refractivity contribution in [1.29, 1.82) is 0 Å². The van der Waals surface area contributed by atoms with Crippen LogP contribution in [0.25, 0.3) is 0 Å². The number of aliphatic hydroxyl groups is 1. The molecule has 0 amide bonds. The zero-order chi connectivity index (χ0) is 14.2. The fourth-order valence-corrected chi connectivity index (χ4v) is 1.79. The first kappa shape index (κ1) is 13.4. The molecule has 1 unspecified atom stereocenters. The third-order valence-electron chi connectivity index (χ3n) is 2.75. The standard InChI is InChI=1S/C12H11F3N2O2/c1-17-11(9(19-2)5-16-17)12(18)6-3-7(13)10(15)8(14)4-6/h3-5,12,18H,1-2H3.